The topological polar surface area (TPSA) is 93.9 Å². The Balaban J connectivity index is 0.00000408. The second-order valence-corrected chi connectivity index (χ2v) is 7.50. The normalized spacial score (nSPS) is 11.0. The van der Waals surface area contributed by atoms with Crippen LogP contribution in [0.15, 0.2) is 78.9 Å². The number of nitrogens with one attached hydrogen (secondary N) is 1. The molecule has 0 spiro atoms. The fourth-order valence-corrected chi connectivity index (χ4v) is 3.68. The molecule has 34 heavy (non-hydrogen) atoms. The Labute approximate surface area is 206 Å². The van der Waals surface area contributed by atoms with Gasteiger partial charge in [0.1, 0.15) is 0 Å². The molecule has 1 unspecified atom stereocenters. The molecule has 3 aromatic rings. The zero-order valence-corrected chi connectivity index (χ0v) is 20.1. The lowest BCUT2D eigenvalue weighted by Crippen LogP contribution is -2.30. The van der Waals surface area contributed by atoms with E-state index in [2.05, 4.69) is 10.1 Å². The van der Waals surface area contributed by atoms with Crippen molar-refractivity contribution in [1.29, 1.82) is 0 Å². The lowest BCUT2D eigenvalue weighted by Gasteiger charge is -2.23. The lowest BCUT2D eigenvalue weighted by molar-refractivity contribution is 0.178. The molecular formula is C26H30ClN3O4. The standard InChI is InChI=1S/C26H29N3O4.ClH/c1-32-25(30)28-22-12-8-20(9-13-22)24(16-17-27)21-10-14-23(15-11-21)29(26(31)33-2)18-19-6-4-3-5-7-19;/h3-15,24H,16-18,27H2,1-2H3,(H,28,30);1H. The monoisotopic (exact) mass is 483 g/mol. The molecule has 7 nitrogen and oxygen atoms in total. The van der Waals surface area contributed by atoms with E-state index in [4.69, 9.17) is 10.5 Å². The number of benzene rings is 3. The van der Waals surface area contributed by atoms with Crippen LogP contribution >= 0.6 is 12.4 Å². The van der Waals surface area contributed by atoms with Gasteiger partial charge in [-0.25, -0.2) is 9.59 Å². The van der Waals surface area contributed by atoms with E-state index in [-0.39, 0.29) is 18.3 Å². The van der Waals surface area contributed by atoms with E-state index in [1.54, 1.807) is 4.90 Å². The summed E-state index contributed by atoms with van der Waals surface area (Å²) in [7, 11) is 2.70. The number of nitrogens with two attached hydrogens (primary N) is 1. The highest BCUT2D eigenvalue weighted by molar-refractivity contribution is 5.87. The van der Waals surface area contributed by atoms with E-state index < -0.39 is 12.2 Å². The molecule has 0 saturated heterocycles. The van der Waals surface area contributed by atoms with E-state index in [9.17, 15) is 9.59 Å². The highest BCUT2D eigenvalue weighted by Crippen LogP contribution is 2.30. The van der Waals surface area contributed by atoms with Crippen molar-refractivity contribution in [3.63, 3.8) is 0 Å². The minimum absolute atomic E-state index is 0. The van der Waals surface area contributed by atoms with Crippen LogP contribution in [0.4, 0.5) is 21.0 Å². The second-order valence-electron chi connectivity index (χ2n) is 7.50. The molecule has 0 heterocycles. The number of hydrogen-bond donors (Lipinski definition) is 2. The number of methoxy groups -OCH3 is 2. The third-order valence-electron chi connectivity index (χ3n) is 5.39. The Morgan fingerprint density at radius 2 is 1.47 bits per heavy atom. The molecule has 0 aliphatic carbocycles. The fourth-order valence-electron chi connectivity index (χ4n) is 3.68. The maximum Gasteiger partial charge on any atom is 0.414 e. The largest absolute Gasteiger partial charge is 0.453 e. The Bertz CT molecular complexity index is 1040. The van der Waals surface area contributed by atoms with Gasteiger partial charge in [0.15, 0.2) is 0 Å². The first-order chi connectivity index (χ1) is 16.0. The fraction of sp³-hybridized carbons (Fsp3) is 0.231. The molecule has 3 aromatic carbocycles. The summed E-state index contributed by atoms with van der Waals surface area (Å²) in [5.41, 5.74) is 10.5. The first-order valence-electron chi connectivity index (χ1n) is 10.7. The molecule has 0 aliphatic rings. The zero-order valence-electron chi connectivity index (χ0n) is 19.3. The maximum absolute atomic E-state index is 12.4. The van der Waals surface area contributed by atoms with Gasteiger partial charge in [-0.2, -0.15) is 0 Å². The van der Waals surface area contributed by atoms with Gasteiger partial charge in [0.25, 0.3) is 0 Å². The Kier molecular flexibility index (Phi) is 10.4. The van der Waals surface area contributed by atoms with Crippen LogP contribution in [0.2, 0.25) is 0 Å². The van der Waals surface area contributed by atoms with Crippen molar-refractivity contribution in [2.45, 2.75) is 18.9 Å². The number of amides is 2. The minimum atomic E-state index is -0.512. The van der Waals surface area contributed by atoms with Gasteiger partial charge in [-0.05, 0) is 53.9 Å². The van der Waals surface area contributed by atoms with Gasteiger partial charge in [0, 0.05) is 17.3 Å². The van der Waals surface area contributed by atoms with E-state index in [0.29, 0.717) is 18.8 Å². The third kappa shape index (κ3) is 6.97. The van der Waals surface area contributed by atoms with Crippen LogP contribution in [-0.4, -0.2) is 33.0 Å². The Morgan fingerprint density at radius 1 is 0.882 bits per heavy atom. The summed E-state index contributed by atoms with van der Waals surface area (Å²) in [6.07, 6.45) is -0.172. The van der Waals surface area contributed by atoms with E-state index in [0.717, 1.165) is 28.8 Å². The zero-order chi connectivity index (χ0) is 23.6. The maximum atomic E-state index is 12.4. The predicted octanol–water partition coefficient (Wildman–Crippen LogP) is 5.54. The number of ether oxygens (including phenoxy) is 2. The van der Waals surface area contributed by atoms with Crippen LogP contribution in [0.25, 0.3) is 0 Å². The van der Waals surface area contributed by atoms with Crippen LogP contribution < -0.4 is 16.0 Å². The lowest BCUT2D eigenvalue weighted by atomic mass is 9.88. The van der Waals surface area contributed by atoms with Crippen molar-refractivity contribution in [2.75, 3.05) is 31.0 Å². The minimum Gasteiger partial charge on any atom is -0.453 e. The molecule has 0 radical (unpaired) electrons. The number of anilines is 2. The van der Waals surface area contributed by atoms with Gasteiger partial charge in [-0.15, -0.1) is 12.4 Å². The summed E-state index contributed by atoms with van der Waals surface area (Å²) in [4.78, 5) is 25.4. The number of carbonyl (C=O) groups excluding carboxylic acids is 2. The van der Waals surface area contributed by atoms with Crippen molar-refractivity contribution in [3.05, 3.63) is 95.6 Å². The average molecular weight is 484 g/mol. The van der Waals surface area contributed by atoms with Crippen LogP contribution in [0, 0.1) is 0 Å². The number of rotatable bonds is 8. The second kappa shape index (κ2) is 13.2. The average Bonchev–Trinajstić information content (AvgIpc) is 2.86. The van der Waals surface area contributed by atoms with E-state index in [1.807, 2.05) is 78.9 Å². The quantitative estimate of drug-likeness (QED) is 0.438. The summed E-state index contributed by atoms with van der Waals surface area (Å²) < 4.78 is 9.63. The van der Waals surface area contributed by atoms with Gasteiger partial charge in [0.2, 0.25) is 0 Å². The molecule has 2 amide bonds. The molecule has 0 fully saturated rings. The van der Waals surface area contributed by atoms with E-state index >= 15 is 0 Å². The summed E-state index contributed by atoms with van der Waals surface area (Å²) >= 11 is 0. The number of nitrogens with zero attached hydrogens (tertiary/aromatic N) is 1. The van der Waals surface area contributed by atoms with Crippen molar-refractivity contribution in [1.82, 2.24) is 0 Å². The molecular weight excluding hydrogens is 454 g/mol. The first kappa shape index (κ1) is 26.7. The highest BCUT2D eigenvalue weighted by Gasteiger charge is 2.19. The van der Waals surface area contributed by atoms with Gasteiger partial charge >= 0.3 is 12.2 Å². The summed E-state index contributed by atoms with van der Waals surface area (Å²) in [5.74, 6) is 0.0805. The van der Waals surface area contributed by atoms with Crippen LogP contribution in [0.3, 0.4) is 0 Å². The van der Waals surface area contributed by atoms with Crippen LogP contribution in [-0.2, 0) is 16.0 Å². The van der Waals surface area contributed by atoms with Crippen LogP contribution in [0.5, 0.6) is 0 Å². The number of hydrogen-bond acceptors (Lipinski definition) is 5. The van der Waals surface area contributed by atoms with Gasteiger partial charge in [-0.1, -0.05) is 54.6 Å². The third-order valence-corrected chi connectivity index (χ3v) is 5.39. The Hall–Kier alpha value is -3.55. The molecule has 3 rings (SSSR count). The summed E-state index contributed by atoms with van der Waals surface area (Å²) in [6, 6.07) is 25.2. The van der Waals surface area contributed by atoms with Gasteiger partial charge in [-0.3, -0.25) is 10.2 Å². The molecule has 0 bridgehead atoms. The molecule has 1 atom stereocenters. The van der Waals surface area contributed by atoms with Gasteiger partial charge < -0.3 is 15.2 Å². The van der Waals surface area contributed by atoms with Crippen LogP contribution in [0.1, 0.15) is 29.0 Å². The summed E-state index contributed by atoms with van der Waals surface area (Å²) in [5, 5.41) is 2.65. The van der Waals surface area contributed by atoms with Crippen molar-refractivity contribution in [2.24, 2.45) is 5.73 Å². The predicted molar refractivity (Wildman–Crippen MR) is 137 cm³/mol. The van der Waals surface area contributed by atoms with Gasteiger partial charge in [0.05, 0.1) is 20.8 Å². The van der Waals surface area contributed by atoms with Crippen molar-refractivity contribution in [3.8, 4) is 0 Å². The van der Waals surface area contributed by atoms with Crippen molar-refractivity contribution < 1.29 is 19.1 Å². The molecule has 0 saturated carbocycles. The highest BCUT2D eigenvalue weighted by atomic mass is 35.5. The number of halogens is 1. The number of carbonyl (C=O) groups is 2. The molecule has 0 aromatic heterocycles. The molecule has 3 N–H and O–H groups in total. The van der Waals surface area contributed by atoms with E-state index in [1.165, 1.54) is 14.2 Å². The molecule has 0 aliphatic heterocycles. The molecule has 180 valence electrons. The van der Waals surface area contributed by atoms with Crippen molar-refractivity contribution >= 4 is 36.0 Å². The Morgan fingerprint density at radius 3 is 2.00 bits per heavy atom. The smallest absolute Gasteiger partial charge is 0.414 e. The summed E-state index contributed by atoms with van der Waals surface area (Å²) in [6.45, 7) is 0.935. The molecule has 8 heteroatoms. The first-order valence-corrected chi connectivity index (χ1v) is 10.7. The SMILES string of the molecule is COC(=O)Nc1ccc(C(CCN)c2ccc(N(Cc3ccccc3)C(=O)OC)cc2)cc1.Cl.